The second-order valence-electron chi connectivity index (χ2n) is 41.3. The molecule has 0 bridgehead atoms. The number of aryl methyl sites for hydroxylation is 7. The zero-order valence-corrected chi connectivity index (χ0v) is 90.0. The smallest absolute Gasteiger partial charge is 0.175 e. The molecule has 0 fully saturated rings. The van der Waals surface area contributed by atoms with Crippen LogP contribution in [-0.4, -0.2) is 139 Å². The Morgan fingerprint density at radius 1 is 0.327 bits per heavy atom. The Morgan fingerprint density at radius 2 is 0.639 bits per heavy atom. The number of pyridine rings is 1. The highest BCUT2D eigenvalue weighted by Gasteiger charge is 2.30. The van der Waals surface area contributed by atoms with Gasteiger partial charge in [-0.15, -0.1) is 56.7 Å². The third kappa shape index (κ3) is 18.3. The SMILES string of the molecule is Cc1cc(-c2ccsc2-c2ccc(CO)cc2)c2[nH]c3c(c2c1)CN(C)CC3.Cc1cc(-c2ccsc2-c2ccc(S(C)(=O)=O)cc2)c2[nH]c3c(c2c1)CN(C)CC3.Cc1cc(-c2ccsc2-c2ccc3ccn(C)c3c2)c2[nH]c3c(c2c1)CN(C)CC3.Cc1cc(-c2ccsc2-c2ccc3ccn(C)c3c2)c2[nH]c3c(c2c1)CNCC3.Cc1cc(-c2ccsc2-c2ccc3cnccc3c2)c2[nH]c3c(c2c1)CN(C)CC3. The number of benzene rings is 10. The zero-order chi connectivity index (χ0) is 100. The summed E-state index contributed by atoms with van der Waals surface area (Å²) < 4.78 is 28.0. The van der Waals surface area contributed by atoms with E-state index in [1.54, 1.807) is 34.8 Å². The van der Waals surface area contributed by atoms with Crippen LogP contribution >= 0.6 is 56.7 Å². The van der Waals surface area contributed by atoms with E-state index in [0.29, 0.717) is 4.90 Å². The van der Waals surface area contributed by atoms with E-state index in [4.69, 9.17) is 0 Å². The third-order valence-corrected chi connectivity index (χ3v) is 36.6. The van der Waals surface area contributed by atoms with Crippen molar-refractivity contribution in [1.29, 1.82) is 0 Å². The molecule has 147 heavy (non-hydrogen) atoms. The van der Waals surface area contributed by atoms with Gasteiger partial charge in [-0.25, -0.2) is 8.42 Å². The highest BCUT2D eigenvalue weighted by atomic mass is 32.2. The number of thiophene rings is 5. The highest BCUT2D eigenvalue weighted by Crippen LogP contribution is 2.51. The number of rotatable bonds is 12. The minimum atomic E-state index is -3.20. The van der Waals surface area contributed by atoms with Crippen LogP contribution in [0.1, 0.15) is 89.7 Å². The molecule has 22 heteroatoms. The molecule has 13 aromatic heterocycles. The van der Waals surface area contributed by atoms with Gasteiger partial charge in [-0.05, 0) is 334 Å². The number of nitrogens with one attached hydrogen (secondary N) is 6. The quantitative estimate of drug-likeness (QED) is 0.0626. The van der Waals surface area contributed by atoms with E-state index < -0.39 is 9.84 Å². The largest absolute Gasteiger partial charge is 0.392 e. The summed E-state index contributed by atoms with van der Waals surface area (Å²) in [5.41, 5.74) is 49.5. The van der Waals surface area contributed by atoms with Crippen molar-refractivity contribution in [3.63, 3.8) is 0 Å². The van der Waals surface area contributed by atoms with E-state index >= 15 is 0 Å². The maximum absolute atomic E-state index is 11.8. The molecule has 5 aliphatic rings. The molecule has 16 nitrogen and oxygen atoms in total. The molecule has 28 rings (SSSR count). The first-order valence-corrected chi connectivity index (χ1v) is 57.2. The molecule has 0 amide bonds. The lowest BCUT2D eigenvalue weighted by atomic mass is 9.96. The average Bonchev–Trinajstić information content (AvgIpc) is 1.62. The molecular weight excluding hydrogens is 1920 g/mol. The molecule has 738 valence electrons. The Bertz CT molecular complexity index is 9160. The number of sulfone groups is 1. The van der Waals surface area contributed by atoms with Crippen LogP contribution in [0.5, 0.6) is 0 Å². The van der Waals surface area contributed by atoms with Gasteiger partial charge in [-0.2, -0.15) is 0 Å². The van der Waals surface area contributed by atoms with Crippen LogP contribution in [0.25, 0.3) is 195 Å². The first-order chi connectivity index (χ1) is 71.4. The Hall–Kier alpha value is -13.4. The van der Waals surface area contributed by atoms with Gasteiger partial charge in [0.2, 0.25) is 0 Å². The molecule has 0 atom stereocenters. The van der Waals surface area contributed by atoms with Crippen molar-refractivity contribution in [2.45, 2.75) is 111 Å². The van der Waals surface area contributed by atoms with Gasteiger partial charge in [0.1, 0.15) is 0 Å². The van der Waals surface area contributed by atoms with Crippen molar-refractivity contribution in [3.8, 4) is 108 Å². The lowest BCUT2D eigenvalue weighted by molar-refractivity contribution is 0.282. The summed E-state index contributed by atoms with van der Waals surface area (Å²) in [6.07, 6.45) is 14.7. The molecule has 0 saturated carbocycles. The maximum atomic E-state index is 11.8. The van der Waals surface area contributed by atoms with Gasteiger partial charge in [0.05, 0.1) is 39.1 Å². The molecule has 0 saturated heterocycles. The standard InChI is InChI=1S/C26H25N3S.C26H23N3S.C25H23N3S.C24H24N2O2S2.C24H24N2OS/c1-16-12-20(25-21(13-16)22-15-28(2)9-7-23(22)27-25)19-8-11-30-26(19)18-5-4-17-6-10-29(3)24(17)14-18;1-16-11-21(25-22(12-16)23-15-29(2)9-6-24(23)28-25)20-7-10-30-26(20)18-3-4-19-14-27-8-5-17(19)13-18;1-15-11-19(24-20(12-15)21-14-26-8-5-22(21)27-24)18-7-10-29-25(18)17-4-3-16-6-9-28(2)23(16)13-17;1-15-12-19(23-20(13-15)21-14-26(2)10-8-22(21)25-23)18-9-11-29-24(18)16-4-6-17(7-5-16)30(3,27)28;1-15-11-19(23-20(12-15)21-13-26(2)9-7-22(21)25-23)18-8-10-28-24(18)17-5-3-16(14-27)4-6-17/h4-6,8,10-14,27H,7,9,15H2,1-3H3;3-5,7-8,10-14,28H,6,9,15H2,1-2H3;3-4,6-7,9-13,26-27H,5,8,14H2,1-2H3;4-7,9,11-13,25H,8,10,14H2,1-3H3;3-6,8,10-12,25,27H,7,9,13-14H2,1-2H3. The minimum absolute atomic E-state index is 0.0819. The fourth-order valence-corrected chi connectivity index (χ4v) is 28.4. The number of aromatic amines is 5. The zero-order valence-electron chi connectivity index (χ0n) is 85.1. The van der Waals surface area contributed by atoms with E-state index in [-0.39, 0.29) is 6.61 Å². The van der Waals surface area contributed by atoms with Crippen molar-refractivity contribution in [3.05, 3.63) is 354 Å². The second-order valence-corrected chi connectivity index (χ2v) is 47.9. The van der Waals surface area contributed by atoms with Crippen LogP contribution in [-0.2, 0) is 95.4 Å². The first-order valence-electron chi connectivity index (χ1n) is 50.9. The summed E-state index contributed by atoms with van der Waals surface area (Å²) in [7, 11) is 9.84. The van der Waals surface area contributed by atoms with Crippen LogP contribution in [0.15, 0.2) is 269 Å². The number of aliphatic hydroxyl groups is 1. The third-order valence-electron chi connectivity index (χ3n) is 30.7. The summed E-state index contributed by atoms with van der Waals surface area (Å²) in [6.45, 7) is 21.5. The monoisotopic (exact) mass is 2040 g/mol. The molecule has 5 aliphatic heterocycles. The minimum Gasteiger partial charge on any atom is -0.392 e. The number of H-pyrrole nitrogens is 5. The highest BCUT2D eigenvalue weighted by molar-refractivity contribution is 7.90. The average molecular weight is 2040 g/mol. The van der Waals surface area contributed by atoms with E-state index in [2.05, 4.69) is 356 Å². The molecule has 0 radical (unpaired) electrons. The van der Waals surface area contributed by atoms with Crippen LogP contribution in [0.4, 0.5) is 0 Å². The van der Waals surface area contributed by atoms with Gasteiger partial charge >= 0.3 is 0 Å². The normalized spacial score (nSPS) is 14.5. The van der Waals surface area contributed by atoms with E-state index in [1.807, 2.05) is 70.7 Å². The molecule has 18 heterocycles. The molecule has 10 aromatic carbocycles. The van der Waals surface area contributed by atoms with Gasteiger partial charge in [-0.3, -0.25) is 4.98 Å². The van der Waals surface area contributed by atoms with Gasteiger partial charge in [-0.1, -0.05) is 72.8 Å². The Morgan fingerprint density at radius 3 is 0.986 bits per heavy atom. The fourth-order valence-electron chi connectivity index (χ4n) is 23.2. The van der Waals surface area contributed by atoms with Gasteiger partial charge in [0.25, 0.3) is 0 Å². The van der Waals surface area contributed by atoms with Crippen LogP contribution in [0.2, 0.25) is 0 Å². The van der Waals surface area contributed by atoms with Gasteiger partial charge in [0, 0.05) is 295 Å². The van der Waals surface area contributed by atoms with Gasteiger partial charge in [0.15, 0.2) is 9.84 Å². The number of fused-ring (bicyclic) bond motifs is 18. The van der Waals surface area contributed by atoms with Crippen molar-refractivity contribution < 1.29 is 13.5 Å². The Balaban J connectivity index is 0.0000000983. The van der Waals surface area contributed by atoms with Crippen molar-refractivity contribution >= 4 is 154 Å². The Labute approximate surface area is 877 Å². The summed E-state index contributed by atoms with van der Waals surface area (Å²) in [5, 5.41) is 35.6. The van der Waals surface area contributed by atoms with Gasteiger partial charge < -0.3 is 64.1 Å². The predicted molar refractivity (Wildman–Crippen MR) is 622 cm³/mol. The first kappa shape index (κ1) is 95.8. The van der Waals surface area contributed by atoms with Crippen LogP contribution in [0, 0.1) is 34.6 Å². The maximum Gasteiger partial charge on any atom is 0.175 e. The summed E-state index contributed by atoms with van der Waals surface area (Å²) in [5.74, 6) is 0. The second kappa shape index (κ2) is 39.3. The van der Waals surface area contributed by atoms with E-state index in [9.17, 15) is 13.5 Å². The number of hydrogen-bond acceptors (Lipinski definition) is 14. The molecule has 23 aromatic rings. The van der Waals surface area contributed by atoms with E-state index in [0.717, 1.165) is 114 Å². The number of aromatic nitrogens is 8. The van der Waals surface area contributed by atoms with Crippen molar-refractivity contribution in [2.75, 3.05) is 67.2 Å². The lowest BCUT2D eigenvalue weighted by Crippen LogP contribution is -2.25. The number of aliphatic hydroxyl groups excluding tert-OH is 1. The van der Waals surface area contributed by atoms with E-state index in [1.165, 1.54) is 275 Å². The number of likely N-dealkylation sites (N-methyl/N-ethyl adjacent to an activating group) is 4. The topological polar surface area (TPSA) is 181 Å². The number of nitrogens with zero attached hydrogens (tertiary/aromatic N) is 7. The van der Waals surface area contributed by atoms with Crippen molar-refractivity contribution in [1.82, 2.24) is 64.0 Å². The lowest BCUT2D eigenvalue weighted by Gasteiger charge is -2.22. The van der Waals surface area contributed by atoms with Crippen LogP contribution < -0.4 is 5.32 Å². The molecular formula is C125H119N13O3S6. The molecule has 0 spiro atoms. The molecule has 7 N–H and O–H groups in total. The summed E-state index contributed by atoms with van der Waals surface area (Å²) >= 11 is 8.94. The Kier molecular flexibility index (Phi) is 25.6. The molecule has 0 aliphatic carbocycles. The summed E-state index contributed by atoms with van der Waals surface area (Å²) in [6, 6.07) is 76.7. The van der Waals surface area contributed by atoms with Crippen molar-refractivity contribution in [2.24, 2.45) is 14.1 Å². The number of hydrogen-bond donors (Lipinski definition) is 7. The predicted octanol–water partition coefficient (Wildman–Crippen LogP) is 29.4. The molecule has 0 unspecified atom stereocenters. The summed E-state index contributed by atoms with van der Waals surface area (Å²) in [4.78, 5) is 39.5. The fraction of sp³-hybridized carbons (Fsp3) is 0.224. The van der Waals surface area contributed by atoms with Crippen LogP contribution in [0.3, 0.4) is 0 Å².